The zero-order valence-corrected chi connectivity index (χ0v) is 35.4. The minimum absolute atomic E-state index is 0.0134. The predicted octanol–water partition coefficient (Wildman–Crippen LogP) is 9.04. The van der Waals surface area contributed by atoms with Gasteiger partial charge >= 0.3 is 6.09 Å². The molecule has 0 saturated carbocycles. The first-order chi connectivity index (χ1) is 28.0. The topological polar surface area (TPSA) is 115 Å². The molecule has 0 N–H and O–H groups in total. The van der Waals surface area contributed by atoms with E-state index in [1.165, 1.54) is 7.11 Å². The van der Waals surface area contributed by atoms with Gasteiger partial charge < -0.3 is 28.4 Å². The lowest BCUT2D eigenvalue weighted by atomic mass is 9.99. The molecule has 0 unspecified atom stereocenters. The molecule has 0 aliphatic carbocycles. The molecule has 2 amide bonds. The second-order valence-corrected chi connectivity index (χ2v) is 16.7. The first kappa shape index (κ1) is 42.1. The Balaban J connectivity index is 1.17. The van der Waals surface area contributed by atoms with E-state index in [0.29, 0.717) is 105 Å². The fraction of sp³-hybridized carbons (Fsp3) is 0.419. The van der Waals surface area contributed by atoms with Crippen LogP contribution in [0.15, 0.2) is 61.1 Å². The number of halogens is 4. The maximum absolute atomic E-state index is 13.9. The Morgan fingerprint density at radius 3 is 2.34 bits per heavy atom. The van der Waals surface area contributed by atoms with Crippen LogP contribution in [0, 0.1) is 0 Å². The third kappa shape index (κ3) is 9.24. The van der Waals surface area contributed by atoms with Crippen LogP contribution in [0.2, 0.25) is 10.0 Å². The highest BCUT2D eigenvalue weighted by molar-refractivity contribution is 6.39. The van der Waals surface area contributed by atoms with Gasteiger partial charge in [-0.15, -0.1) is 0 Å². The normalized spacial score (nSPS) is 16.1. The van der Waals surface area contributed by atoms with E-state index in [0.717, 1.165) is 0 Å². The molecule has 4 aromatic heterocycles. The number of ether oxygens (including phenoxy) is 3. The fourth-order valence-electron chi connectivity index (χ4n) is 7.69. The van der Waals surface area contributed by atoms with Gasteiger partial charge in [-0.25, -0.2) is 23.5 Å². The molecule has 0 spiro atoms. The molecule has 2 fully saturated rings. The van der Waals surface area contributed by atoms with Gasteiger partial charge in [0.2, 0.25) is 11.8 Å². The van der Waals surface area contributed by atoms with Crippen molar-refractivity contribution in [2.75, 3.05) is 40.4 Å². The number of methoxy groups -OCH3 is 2. The van der Waals surface area contributed by atoms with Gasteiger partial charge in [0, 0.05) is 92.0 Å². The van der Waals surface area contributed by atoms with Gasteiger partial charge in [0.15, 0.2) is 11.4 Å². The van der Waals surface area contributed by atoms with Crippen LogP contribution in [0.25, 0.3) is 39.3 Å². The number of hydrogen-bond donors (Lipinski definition) is 0. The molecule has 59 heavy (non-hydrogen) atoms. The summed E-state index contributed by atoms with van der Waals surface area (Å²) in [6.45, 7) is 8.61. The van der Waals surface area contributed by atoms with Crippen LogP contribution in [0.5, 0.6) is 11.6 Å². The van der Waals surface area contributed by atoms with Crippen molar-refractivity contribution < 1.29 is 32.6 Å². The summed E-state index contributed by atoms with van der Waals surface area (Å²) < 4.78 is 46.8. The van der Waals surface area contributed by atoms with E-state index < -0.39 is 17.6 Å². The highest BCUT2D eigenvalue weighted by Gasteiger charge is 2.38. The zero-order valence-electron chi connectivity index (χ0n) is 33.9. The molecular formula is C43H47Cl2F2N7O5. The average molecular weight is 851 g/mol. The Labute approximate surface area is 352 Å². The van der Waals surface area contributed by atoms with Crippen LogP contribution in [-0.2, 0) is 22.6 Å². The number of aromatic nitrogens is 4. The number of hydrogen-bond acceptors (Lipinski definition) is 9. The molecule has 2 aliphatic rings. The van der Waals surface area contributed by atoms with Crippen molar-refractivity contribution in [2.45, 2.75) is 77.6 Å². The van der Waals surface area contributed by atoms with Crippen LogP contribution in [0.3, 0.4) is 0 Å². The molecular weight excluding hydrogens is 803 g/mol. The van der Waals surface area contributed by atoms with Crippen LogP contribution in [-0.4, -0.2) is 104 Å². The summed E-state index contributed by atoms with van der Waals surface area (Å²) in [6.07, 6.45) is 5.90. The number of nitrogens with zero attached hydrogens (tertiary/aromatic N) is 7. The number of carbonyl (C=O) groups is 2. The third-order valence-electron chi connectivity index (χ3n) is 10.6. The summed E-state index contributed by atoms with van der Waals surface area (Å²) in [4.78, 5) is 44.9. The van der Waals surface area contributed by atoms with Gasteiger partial charge in [-0.1, -0.05) is 41.4 Å². The molecule has 2 aliphatic heterocycles. The van der Waals surface area contributed by atoms with E-state index in [9.17, 15) is 18.4 Å². The molecule has 0 atom stereocenters. The summed E-state index contributed by atoms with van der Waals surface area (Å²) in [6, 6.07) is 12.7. The van der Waals surface area contributed by atoms with E-state index in [-0.39, 0.29) is 38.0 Å². The minimum atomic E-state index is -2.70. The smallest absolute Gasteiger partial charge is 0.410 e. The SMILES string of the molecule is COc1nc(-c2cccc(-c3ccnc(-c4cc(OC)c5nc(CN6CCC(F)(F)C6)cn5c4)c3Cl)c2Cl)ccc1CN(C(=O)OC(C)(C)C)C1CCN(C(C)=O)CC1. The number of rotatable bonds is 10. The maximum Gasteiger partial charge on any atom is 0.410 e. The third-order valence-corrected chi connectivity index (χ3v) is 11.4. The molecule has 312 valence electrons. The number of likely N-dealkylation sites (tertiary alicyclic amines) is 2. The predicted molar refractivity (Wildman–Crippen MR) is 222 cm³/mol. The number of pyridine rings is 3. The van der Waals surface area contributed by atoms with Gasteiger partial charge in [-0.3, -0.25) is 14.7 Å². The van der Waals surface area contributed by atoms with Crippen LogP contribution in [0.4, 0.5) is 13.6 Å². The number of piperidine rings is 1. The molecule has 1 aromatic carbocycles. The van der Waals surface area contributed by atoms with Crippen LogP contribution < -0.4 is 9.47 Å². The van der Waals surface area contributed by atoms with Crippen LogP contribution in [0.1, 0.15) is 58.2 Å². The molecule has 0 bridgehead atoms. The quantitative estimate of drug-likeness (QED) is 0.136. The lowest BCUT2D eigenvalue weighted by Gasteiger charge is -2.39. The van der Waals surface area contributed by atoms with Crippen molar-refractivity contribution in [3.05, 3.63) is 82.4 Å². The summed E-state index contributed by atoms with van der Waals surface area (Å²) in [5.41, 5.74) is 4.75. The lowest BCUT2D eigenvalue weighted by molar-refractivity contribution is -0.130. The minimum Gasteiger partial charge on any atom is -0.493 e. The standard InChI is InChI=1S/C43H47Cl2F2N7O5/c1-26(55)52-17-13-30(14-18-52)54(41(56)59-42(2,3)4)22-27-10-11-34(50-40(27)58-6)33-9-7-8-31(36(33)44)32-12-16-48-38(37(32)45)28-20-35(57-5)39-49-29(24-53(39)21-28)23-51-19-15-43(46,47)25-51/h7-12,16,20-21,24,30H,13-15,17-19,22-23,25H2,1-6H3. The van der Waals surface area contributed by atoms with E-state index in [1.54, 1.807) is 57.7 Å². The molecule has 12 nitrogen and oxygen atoms in total. The summed E-state index contributed by atoms with van der Waals surface area (Å²) in [7, 11) is 3.07. The molecule has 0 radical (unpaired) electrons. The number of imidazole rings is 1. The summed E-state index contributed by atoms with van der Waals surface area (Å²) >= 11 is 14.3. The fourth-order valence-corrected chi connectivity index (χ4v) is 8.34. The molecule has 16 heteroatoms. The lowest BCUT2D eigenvalue weighted by Crippen LogP contribution is -2.49. The highest BCUT2D eigenvalue weighted by atomic mass is 35.5. The van der Waals surface area contributed by atoms with Gasteiger partial charge in [0.05, 0.1) is 54.4 Å². The monoisotopic (exact) mass is 849 g/mol. The molecule has 2 saturated heterocycles. The van der Waals surface area contributed by atoms with Crippen molar-refractivity contribution in [3.63, 3.8) is 0 Å². The van der Waals surface area contributed by atoms with Crippen molar-refractivity contribution in [3.8, 4) is 45.3 Å². The first-order valence-corrected chi connectivity index (χ1v) is 20.2. The number of alkyl halides is 2. The summed E-state index contributed by atoms with van der Waals surface area (Å²) in [5, 5.41) is 0.756. The largest absolute Gasteiger partial charge is 0.493 e. The Hall–Kier alpha value is -5.05. The Bertz CT molecular complexity index is 2380. The second kappa shape index (κ2) is 16.9. The second-order valence-electron chi connectivity index (χ2n) is 16.0. The number of carbonyl (C=O) groups excluding carboxylic acids is 2. The number of benzene rings is 1. The summed E-state index contributed by atoms with van der Waals surface area (Å²) in [5.74, 6) is -1.88. The molecule has 5 aromatic rings. The average Bonchev–Trinajstić information content (AvgIpc) is 3.77. The van der Waals surface area contributed by atoms with Crippen LogP contribution >= 0.6 is 23.2 Å². The first-order valence-electron chi connectivity index (χ1n) is 19.4. The zero-order chi connectivity index (χ0) is 42.2. The Kier molecular flexibility index (Phi) is 12.1. The van der Waals surface area contributed by atoms with Crippen molar-refractivity contribution in [1.29, 1.82) is 0 Å². The Morgan fingerprint density at radius 2 is 1.68 bits per heavy atom. The number of amides is 2. The maximum atomic E-state index is 13.9. The Morgan fingerprint density at radius 1 is 0.949 bits per heavy atom. The molecule has 7 rings (SSSR count). The van der Waals surface area contributed by atoms with E-state index in [1.807, 2.05) is 57.3 Å². The van der Waals surface area contributed by atoms with E-state index in [2.05, 4.69) is 9.97 Å². The van der Waals surface area contributed by atoms with Crippen molar-refractivity contribution in [2.24, 2.45) is 0 Å². The molecule has 6 heterocycles. The van der Waals surface area contributed by atoms with Gasteiger partial charge in [-0.2, -0.15) is 0 Å². The van der Waals surface area contributed by atoms with Gasteiger partial charge in [0.1, 0.15) is 5.60 Å². The highest BCUT2D eigenvalue weighted by Crippen LogP contribution is 2.42. The number of fused-ring (bicyclic) bond motifs is 1. The van der Waals surface area contributed by atoms with E-state index >= 15 is 0 Å². The van der Waals surface area contributed by atoms with Crippen molar-refractivity contribution in [1.82, 2.24) is 34.1 Å². The van der Waals surface area contributed by atoms with Crippen molar-refractivity contribution >= 4 is 40.8 Å². The van der Waals surface area contributed by atoms with E-state index in [4.69, 9.17) is 42.4 Å². The van der Waals surface area contributed by atoms with Gasteiger partial charge in [0.25, 0.3) is 5.92 Å². The van der Waals surface area contributed by atoms with Gasteiger partial charge in [-0.05, 0) is 57.9 Å².